The molecule has 37 heavy (non-hydrogen) atoms. The summed E-state index contributed by atoms with van der Waals surface area (Å²) in [7, 11) is 2.92. The number of amides is 1. The molecule has 0 aromatic heterocycles. The van der Waals surface area contributed by atoms with Crippen LogP contribution in [-0.2, 0) is 9.59 Å². The summed E-state index contributed by atoms with van der Waals surface area (Å²) in [5.41, 5.74) is 3.88. The van der Waals surface area contributed by atoms with Crippen molar-refractivity contribution in [3.05, 3.63) is 88.0 Å². The van der Waals surface area contributed by atoms with Crippen molar-refractivity contribution >= 4 is 23.1 Å². The van der Waals surface area contributed by atoms with Gasteiger partial charge in [0.1, 0.15) is 11.5 Å². The first-order chi connectivity index (χ1) is 17.6. The standard InChI is InChI=1S/C30H31NO6/c1-16(2)19-7-10-21(11-8-19)31-26(20-9-12-24(36-5)23(32)15-20)25(28(34)30(31)35)27(33)22-14-17(3)13-18(4)29(22)37-6/h7-16,26,32-33H,1-6H3/b27-25+. The molecular formula is C30H31NO6. The molecule has 3 aromatic carbocycles. The molecule has 1 saturated heterocycles. The Balaban J connectivity index is 1.99. The van der Waals surface area contributed by atoms with Gasteiger partial charge in [-0.15, -0.1) is 0 Å². The first-order valence-electron chi connectivity index (χ1n) is 12.0. The molecule has 1 aliphatic rings. The van der Waals surface area contributed by atoms with Crippen LogP contribution in [0.2, 0.25) is 0 Å². The molecule has 1 atom stereocenters. The van der Waals surface area contributed by atoms with Crippen LogP contribution in [0.4, 0.5) is 5.69 Å². The highest BCUT2D eigenvalue weighted by Crippen LogP contribution is 2.45. The number of aliphatic hydroxyl groups excluding tert-OH is 1. The van der Waals surface area contributed by atoms with E-state index in [-0.39, 0.29) is 28.7 Å². The Morgan fingerprint density at radius 1 is 0.946 bits per heavy atom. The number of phenols is 1. The molecule has 2 N–H and O–H groups in total. The molecule has 0 aliphatic carbocycles. The molecule has 0 bridgehead atoms. The minimum atomic E-state index is -0.993. The van der Waals surface area contributed by atoms with Crippen molar-refractivity contribution in [2.75, 3.05) is 19.1 Å². The fraction of sp³-hybridized carbons (Fsp3) is 0.267. The molecule has 0 saturated carbocycles. The van der Waals surface area contributed by atoms with Crippen molar-refractivity contribution in [1.82, 2.24) is 0 Å². The zero-order valence-corrected chi connectivity index (χ0v) is 21.8. The lowest BCUT2D eigenvalue weighted by atomic mass is 9.93. The van der Waals surface area contributed by atoms with Crippen molar-refractivity contribution in [3.63, 3.8) is 0 Å². The van der Waals surface area contributed by atoms with Gasteiger partial charge >= 0.3 is 0 Å². The summed E-state index contributed by atoms with van der Waals surface area (Å²) < 4.78 is 10.7. The lowest BCUT2D eigenvalue weighted by Crippen LogP contribution is -2.29. The van der Waals surface area contributed by atoms with Crippen LogP contribution in [-0.4, -0.2) is 36.1 Å². The van der Waals surface area contributed by atoms with Crippen LogP contribution in [0, 0.1) is 13.8 Å². The van der Waals surface area contributed by atoms with Crippen LogP contribution >= 0.6 is 0 Å². The zero-order chi connectivity index (χ0) is 27.0. The van der Waals surface area contributed by atoms with Crippen LogP contribution in [0.15, 0.2) is 60.2 Å². The molecule has 7 nitrogen and oxygen atoms in total. The van der Waals surface area contributed by atoms with E-state index in [0.717, 1.165) is 16.7 Å². The van der Waals surface area contributed by atoms with Crippen LogP contribution in [0.3, 0.4) is 0 Å². The summed E-state index contributed by atoms with van der Waals surface area (Å²) in [5, 5.41) is 22.1. The van der Waals surface area contributed by atoms with Crippen molar-refractivity contribution in [3.8, 4) is 17.2 Å². The number of anilines is 1. The number of nitrogens with zero attached hydrogens (tertiary/aromatic N) is 1. The number of aromatic hydroxyl groups is 1. The number of benzene rings is 3. The zero-order valence-electron chi connectivity index (χ0n) is 21.8. The third-order valence-corrected chi connectivity index (χ3v) is 6.68. The van der Waals surface area contributed by atoms with Crippen molar-refractivity contribution in [2.24, 2.45) is 0 Å². The molecule has 0 radical (unpaired) electrons. The molecule has 0 spiro atoms. The van der Waals surface area contributed by atoms with Gasteiger partial charge in [0.05, 0.1) is 31.4 Å². The molecule has 1 unspecified atom stereocenters. The van der Waals surface area contributed by atoms with E-state index < -0.39 is 17.7 Å². The highest BCUT2D eigenvalue weighted by Gasteiger charge is 2.47. The number of ether oxygens (including phenoxy) is 2. The van der Waals surface area contributed by atoms with Gasteiger partial charge in [0.2, 0.25) is 0 Å². The van der Waals surface area contributed by atoms with Crippen LogP contribution in [0.25, 0.3) is 5.76 Å². The van der Waals surface area contributed by atoms with Gasteiger partial charge in [-0.25, -0.2) is 0 Å². The fourth-order valence-corrected chi connectivity index (χ4v) is 4.86. The number of carbonyl (C=O) groups excluding carboxylic acids is 2. The van der Waals surface area contributed by atoms with Gasteiger partial charge < -0.3 is 19.7 Å². The molecule has 192 valence electrons. The van der Waals surface area contributed by atoms with Gasteiger partial charge in [0, 0.05) is 5.69 Å². The van der Waals surface area contributed by atoms with Crippen molar-refractivity contribution in [2.45, 2.75) is 39.7 Å². The number of phenolic OH excluding ortho intramolecular Hbond substituents is 1. The summed E-state index contributed by atoms with van der Waals surface area (Å²) in [6.07, 6.45) is 0. The quantitative estimate of drug-likeness (QED) is 0.253. The minimum Gasteiger partial charge on any atom is -0.507 e. The SMILES string of the molecule is COc1ccc(C2/C(=C(\O)c3cc(C)cc(C)c3OC)C(=O)C(=O)N2c2ccc(C(C)C)cc2)cc1O. The van der Waals surface area contributed by atoms with Crippen molar-refractivity contribution < 1.29 is 29.3 Å². The van der Waals surface area contributed by atoms with Crippen molar-refractivity contribution in [1.29, 1.82) is 0 Å². The lowest BCUT2D eigenvalue weighted by Gasteiger charge is -2.26. The van der Waals surface area contributed by atoms with E-state index in [2.05, 4.69) is 13.8 Å². The third-order valence-electron chi connectivity index (χ3n) is 6.68. The number of carbonyl (C=O) groups is 2. The van der Waals surface area contributed by atoms with E-state index in [1.54, 1.807) is 30.3 Å². The average Bonchev–Trinajstić information content (AvgIpc) is 3.13. The molecular weight excluding hydrogens is 470 g/mol. The Morgan fingerprint density at radius 3 is 2.19 bits per heavy atom. The third kappa shape index (κ3) is 4.53. The molecule has 1 amide bonds. The van der Waals surface area contributed by atoms with E-state index in [9.17, 15) is 19.8 Å². The van der Waals surface area contributed by atoms with Gasteiger partial charge in [-0.2, -0.15) is 0 Å². The summed E-state index contributed by atoms with van der Waals surface area (Å²) in [4.78, 5) is 28.3. The molecule has 1 fully saturated rings. The number of hydrogen-bond donors (Lipinski definition) is 2. The molecule has 4 rings (SSSR count). The maximum Gasteiger partial charge on any atom is 0.300 e. The van der Waals surface area contributed by atoms with E-state index >= 15 is 0 Å². The first-order valence-corrected chi connectivity index (χ1v) is 12.0. The lowest BCUT2D eigenvalue weighted by molar-refractivity contribution is -0.132. The number of hydrogen-bond acceptors (Lipinski definition) is 6. The Hall–Kier alpha value is -4.26. The number of aryl methyl sites for hydroxylation is 2. The van der Waals surface area contributed by atoms with Gasteiger partial charge in [-0.1, -0.05) is 38.1 Å². The first kappa shape index (κ1) is 25.8. The van der Waals surface area contributed by atoms with E-state index in [0.29, 0.717) is 22.6 Å². The normalized spacial score (nSPS) is 16.9. The minimum absolute atomic E-state index is 0.0918. The molecule has 1 aliphatic heterocycles. The largest absolute Gasteiger partial charge is 0.507 e. The van der Waals surface area contributed by atoms with Crippen LogP contribution in [0.1, 0.15) is 53.6 Å². The fourth-order valence-electron chi connectivity index (χ4n) is 4.86. The number of rotatable bonds is 6. The number of Topliss-reactive ketones (excluding diaryl/α,β-unsaturated/α-hetero) is 1. The summed E-state index contributed by atoms with van der Waals surface area (Å²) in [6, 6.07) is 14.7. The van der Waals surface area contributed by atoms with Gasteiger partial charge in [0.25, 0.3) is 11.7 Å². The van der Waals surface area contributed by atoms with Gasteiger partial charge in [-0.3, -0.25) is 14.5 Å². The Kier molecular flexibility index (Phi) is 6.99. The van der Waals surface area contributed by atoms with E-state index in [1.165, 1.54) is 25.2 Å². The van der Waals surface area contributed by atoms with Crippen LogP contribution in [0.5, 0.6) is 17.2 Å². The van der Waals surface area contributed by atoms with E-state index in [4.69, 9.17) is 9.47 Å². The maximum atomic E-state index is 13.5. The summed E-state index contributed by atoms with van der Waals surface area (Å²) >= 11 is 0. The molecule has 1 heterocycles. The second kappa shape index (κ2) is 10.0. The average molecular weight is 502 g/mol. The maximum absolute atomic E-state index is 13.5. The Morgan fingerprint density at radius 2 is 1.62 bits per heavy atom. The van der Waals surface area contributed by atoms with Gasteiger partial charge in [-0.05, 0) is 72.4 Å². The topological polar surface area (TPSA) is 96.3 Å². The smallest absolute Gasteiger partial charge is 0.300 e. The monoisotopic (exact) mass is 501 g/mol. The summed E-state index contributed by atoms with van der Waals surface area (Å²) in [5.74, 6) is -1.15. The van der Waals surface area contributed by atoms with Gasteiger partial charge in [0.15, 0.2) is 11.5 Å². The highest BCUT2D eigenvalue weighted by molar-refractivity contribution is 6.51. The number of methoxy groups -OCH3 is 2. The predicted molar refractivity (Wildman–Crippen MR) is 142 cm³/mol. The van der Waals surface area contributed by atoms with E-state index in [1.807, 2.05) is 32.0 Å². The molecule has 7 heteroatoms. The highest BCUT2D eigenvalue weighted by atomic mass is 16.5. The molecule has 3 aromatic rings. The Labute approximate surface area is 216 Å². The second-order valence-electron chi connectivity index (χ2n) is 9.51. The Bertz CT molecular complexity index is 1400. The second-order valence-corrected chi connectivity index (χ2v) is 9.51. The summed E-state index contributed by atoms with van der Waals surface area (Å²) in [6.45, 7) is 7.85. The van der Waals surface area contributed by atoms with Crippen LogP contribution < -0.4 is 14.4 Å². The number of aliphatic hydroxyl groups is 1. The predicted octanol–water partition coefficient (Wildman–Crippen LogP) is 5.78. The number of ketones is 1.